The summed E-state index contributed by atoms with van der Waals surface area (Å²) in [6.07, 6.45) is 14.4. The van der Waals surface area contributed by atoms with Gasteiger partial charge < -0.3 is 9.80 Å². The molecule has 0 atom stereocenters. The van der Waals surface area contributed by atoms with Gasteiger partial charge in [0.05, 0.1) is 12.2 Å². The van der Waals surface area contributed by atoms with Crippen molar-refractivity contribution in [1.82, 2.24) is 9.80 Å². The molecular weight excluding hydrogens is 464 g/mol. The van der Waals surface area contributed by atoms with E-state index in [1.165, 1.54) is 69.3 Å². The minimum Gasteiger partial charge on any atom is -0.358 e. The number of fused-ring (bicyclic) bond motifs is 2. The number of carbonyl (C=O) groups excluding carboxylic acids is 2. The van der Waals surface area contributed by atoms with Crippen LogP contribution in [0.1, 0.15) is 77.3 Å². The molecule has 0 bridgehead atoms. The largest absolute Gasteiger partial charge is 0.358 e. The summed E-state index contributed by atoms with van der Waals surface area (Å²) in [5.41, 5.74) is 0.0983. The van der Waals surface area contributed by atoms with E-state index in [-0.39, 0.29) is 22.3 Å². The van der Waals surface area contributed by atoms with Gasteiger partial charge in [-0.1, -0.05) is 82.0 Å². The predicted octanol–water partition coefficient (Wildman–Crippen LogP) is 5.25. The molecule has 2 aromatic rings. The minimum absolute atomic E-state index is 0.0103. The number of unbranched alkanes of at least 4 members (excludes halogenated alkanes) is 5. The van der Waals surface area contributed by atoms with Crippen molar-refractivity contribution in [1.29, 1.82) is 0 Å². The molecule has 1 aliphatic carbocycles. The number of carbonyl (C=O) groups is 2. The first kappa shape index (κ1) is 26.4. The third-order valence-electron chi connectivity index (χ3n) is 6.04. The van der Waals surface area contributed by atoms with Gasteiger partial charge >= 0.3 is 0 Å². The van der Waals surface area contributed by atoms with Gasteiger partial charge in [0.15, 0.2) is 11.6 Å². The molecule has 8 heteroatoms. The summed E-state index contributed by atoms with van der Waals surface area (Å²) >= 11 is 0. The molecule has 0 amide bonds. The molecule has 186 valence electrons. The zero-order valence-corrected chi connectivity index (χ0v) is 20.8. The van der Waals surface area contributed by atoms with Crippen LogP contribution in [-0.2, 0) is 10.1 Å². The summed E-state index contributed by atoms with van der Waals surface area (Å²) in [5.74, 6) is -1.01. The average Bonchev–Trinajstić information content (AvgIpc) is 3.32. The van der Waals surface area contributed by atoms with Crippen LogP contribution in [0.3, 0.4) is 0 Å². The van der Waals surface area contributed by atoms with Crippen LogP contribution in [0, 0.1) is 0 Å². The monoisotopic (exact) mass is 496 g/mol. The summed E-state index contributed by atoms with van der Waals surface area (Å²) in [5, 5.41) is 0. The van der Waals surface area contributed by atoms with Crippen LogP contribution in [0.4, 0.5) is 0 Å². The first-order chi connectivity index (χ1) is 16.8. The van der Waals surface area contributed by atoms with Gasteiger partial charge in [0.1, 0.15) is 4.90 Å². The molecule has 0 saturated carbocycles. The van der Waals surface area contributed by atoms with Crippen molar-refractivity contribution in [3.05, 3.63) is 89.9 Å². The fourth-order valence-electron chi connectivity index (χ4n) is 4.17. The molecular formula is C27H32N2O5S. The molecule has 0 fully saturated rings. The van der Waals surface area contributed by atoms with Crippen molar-refractivity contribution in [2.75, 3.05) is 13.2 Å². The number of hydrogen-bond donors (Lipinski definition) is 1. The van der Waals surface area contributed by atoms with E-state index in [1.54, 1.807) is 12.1 Å². The second-order valence-corrected chi connectivity index (χ2v) is 9.96. The van der Waals surface area contributed by atoms with Gasteiger partial charge in [-0.25, -0.2) is 0 Å². The minimum atomic E-state index is -4.58. The van der Waals surface area contributed by atoms with Gasteiger partial charge in [-0.15, -0.1) is 0 Å². The molecule has 0 unspecified atom stereocenters. The van der Waals surface area contributed by atoms with Crippen LogP contribution in [-0.4, -0.2) is 47.6 Å². The molecule has 2 aliphatic rings. The third kappa shape index (κ3) is 6.46. The topological polar surface area (TPSA) is 95.0 Å². The van der Waals surface area contributed by atoms with Crippen molar-refractivity contribution >= 4 is 21.7 Å². The van der Waals surface area contributed by atoms with Crippen LogP contribution in [0.25, 0.3) is 0 Å². The molecule has 4 rings (SSSR count). The fourth-order valence-corrected chi connectivity index (χ4v) is 4.88. The fraction of sp³-hybridized carbons (Fsp3) is 0.333. The first-order valence-corrected chi connectivity index (χ1v) is 13.3. The molecule has 1 N–H and O–H groups in total. The Morgan fingerprint density at radius 3 is 2.14 bits per heavy atom. The summed E-state index contributed by atoms with van der Waals surface area (Å²) in [6.45, 7) is 8.19. The van der Waals surface area contributed by atoms with Crippen LogP contribution in [0.5, 0.6) is 0 Å². The number of ketones is 2. The van der Waals surface area contributed by atoms with E-state index >= 15 is 0 Å². The Kier molecular flexibility index (Phi) is 9.01. The lowest BCUT2D eigenvalue weighted by atomic mass is 9.84. The summed E-state index contributed by atoms with van der Waals surface area (Å²) in [6, 6.07) is 9.99. The molecule has 0 radical (unpaired) electrons. The zero-order valence-electron chi connectivity index (χ0n) is 20.0. The smallest absolute Gasteiger partial charge is 0.295 e. The SMILES string of the molecule is C=CN1C=CN(CCCCCCCC)C1.O=C1c2ccccc2C(=O)c2c1cccc2S(=O)(=O)O. The molecule has 0 saturated heterocycles. The number of hydrogen-bond acceptors (Lipinski definition) is 6. The van der Waals surface area contributed by atoms with Crippen LogP contribution in [0.2, 0.25) is 0 Å². The van der Waals surface area contributed by atoms with Gasteiger partial charge in [-0.2, -0.15) is 8.42 Å². The number of benzene rings is 2. The molecule has 2 aromatic carbocycles. The third-order valence-corrected chi connectivity index (χ3v) is 6.94. The second-order valence-electron chi connectivity index (χ2n) is 8.57. The number of nitrogens with zero attached hydrogens (tertiary/aromatic N) is 2. The van der Waals surface area contributed by atoms with Crippen LogP contribution >= 0.6 is 0 Å². The Morgan fingerprint density at radius 1 is 0.886 bits per heavy atom. The van der Waals surface area contributed by atoms with Gasteiger partial charge in [-0.05, 0) is 18.7 Å². The van der Waals surface area contributed by atoms with Crippen LogP contribution in [0.15, 0.2) is 72.5 Å². The van der Waals surface area contributed by atoms with Gasteiger partial charge in [-0.3, -0.25) is 14.1 Å². The molecule has 35 heavy (non-hydrogen) atoms. The van der Waals surface area contributed by atoms with Crippen molar-refractivity contribution in [3.63, 3.8) is 0 Å². The lowest BCUT2D eigenvalue weighted by Crippen LogP contribution is -2.23. The Labute approximate surface area is 207 Å². The van der Waals surface area contributed by atoms with Gasteiger partial charge in [0.25, 0.3) is 10.1 Å². The normalized spacial score (nSPS) is 14.3. The van der Waals surface area contributed by atoms with Crippen molar-refractivity contribution in [3.8, 4) is 0 Å². The van der Waals surface area contributed by atoms with Crippen molar-refractivity contribution in [2.45, 2.75) is 50.3 Å². The maximum absolute atomic E-state index is 12.4. The van der Waals surface area contributed by atoms with Crippen molar-refractivity contribution < 1.29 is 22.6 Å². The molecule has 0 aromatic heterocycles. The lowest BCUT2D eigenvalue weighted by molar-refractivity contribution is 0.0976. The van der Waals surface area contributed by atoms with E-state index < -0.39 is 26.6 Å². The Morgan fingerprint density at radius 2 is 1.51 bits per heavy atom. The Bertz CT molecular complexity index is 1220. The first-order valence-electron chi connectivity index (χ1n) is 11.9. The van der Waals surface area contributed by atoms with Gasteiger partial charge in [0, 0.05) is 35.6 Å². The highest BCUT2D eigenvalue weighted by atomic mass is 32.2. The number of rotatable bonds is 9. The van der Waals surface area contributed by atoms with E-state index in [4.69, 9.17) is 0 Å². The average molecular weight is 497 g/mol. The Balaban J connectivity index is 0.000000205. The van der Waals surface area contributed by atoms with E-state index in [9.17, 15) is 22.6 Å². The molecule has 1 aliphatic heterocycles. The van der Waals surface area contributed by atoms with Crippen molar-refractivity contribution in [2.24, 2.45) is 0 Å². The van der Waals surface area contributed by atoms with E-state index in [1.807, 2.05) is 6.20 Å². The highest BCUT2D eigenvalue weighted by molar-refractivity contribution is 7.86. The highest BCUT2D eigenvalue weighted by Crippen LogP contribution is 2.31. The summed E-state index contributed by atoms with van der Waals surface area (Å²) < 4.78 is 31.9. The molecule has 0 spiro atoms. The molecule has 1 heterocycles. The van der Waals surface area contributed by atoms with Crippen LogP contribution < -0.4 is 0 Å². The Hall–Kier alpha value is -3.23. The quantitative estimate of drug-likeness (QED) is 0.319. The maximum atomic E-state index is 12.4. The predicted molar refractivity (Wildman–Crippen MR) is 136 cm³/mol. The summed E-state index contributed by atoms with van der Waals surface area (Å²) in [7, 11) is -4.58. The maximum Gasteiger partial charge on any atom is 0.295 e. The lowest BCUT2D eigenvalue weighted by Gasteiger charge is -2.18. The highest BCUT2D eigenvalue weighted by Gasteiger charge is 2.34. The van der Waals surface area contributed by atoms with E-state index in [0.29, 0.717) is 0 Å². The second kappa shape index (κ2) is 12.0. The standard InChI is InChI=1S/C14H8O5S.C13H24N2/c15-13-8-4-1-2-5-9(8)14(16)12-10(13)6-3-7-11(12)20(17,18)19;1-3-5-6-7-8-9-10-15-12-11-14(4-2)13-15/h1-7H,(H,17,18,19);4,11-12H,2-3,5-10,13H2,1H3. The summed E-state index contributed by atoms with van der Waals surface area (Å²) in [4.78, 5) is 28.6. The van der Waals surface area contributed by atoms with Gasteiger partial charge in [0.2, 0.25) is 0 Å². The zero-order chi connectivity index (χ0) is 25.4. The molecule has 7 nitrogen and oxygen atoms in total. The van der Waals surface area contributed by atoms with E-state index in [0.717, 1.165) is 12.7 Å². The van der Waals surface area contributed by atoms with E-state index in [2.05, 4.69) is 35.7 Å².